The number of aromatic nitrogens is 5. The SMILES string of the molecule is CNc1ncc(C(CC(=O)O)n2ncc3cc(OCCc4ccc5c(n4)CCCC5)ccc32)cn1. The van der Waals surface area contributed by atoms with Crippen LogP contribution in [0.5, 0.6) is 5.75 Å². The first-order valence-corrected chi connectivity index (χ1v) is 11.9. The lowest BCUT2D eigenvalue weighted by Gasteiger charge is -2.17. The summed E-state index contributed by atoms with van der Waals surface area (Å²) in [5.41, 5.74) is 5.17. The van der Waals surface area contributed by atoms with Crippen LogP contribution in [0.2, 0.25) is 0 Å². The molecular formula is C26H28N6O3. The highest BCUT2D eigenvalue weighted by Gasteiger charge is 2.21. The molecule has 35 heavy (non-hydrogen) atoms. The van der Waals surface area contributed by atoms with Crippen LogP contribution in [0.15, 0.2) is 48.9 Å². The van der Waals surface area contributed by atoms with Crippen LogP contribution >= 0.6 is 0 Å². The average molecular weight is 473 g/mol. The monoisotopic (exact) mass is 472 g/mol. The fourth-order valence-electron chi connectivity index (χ4n) is 4.56. The number of carboxylic acids is 1. The van der Waals surface area contributed by atoms with E-state index in [1.807, 2.05) is 18.2 Å². The van der Waals surface area contributed by atoms with Gasteiger partial charge in [0.15, 0.2) is 0 Å². The molecule has 2 N–H and O–H groups in total. The topological polar surface area (TPSA) is 115 Å². The number of aliphatic carboxylic acids is 1. The third kappa shape index (κ3) is 5.08. The molecule has 1 aliphatic carbocycles. The zero-order valence-corrected chi connectivity index (χ0v) is 19.6. The molecule has 0 saturated carbocycles. The molecule has 0 amide bonds. The van der Waals surface area contributed by atoms with E-state index in [2.05, 4.69) is 32.5 Å². The Kier molecular flexibility index (Phi) is 6.56. The second-order valence-corrected chi connectivity index (χ2v) is 8.73. The maximum atomic E-state index is 11.6. The van der Waals surface area contributed by atoms with Gasteiger partial charge in [-0.25, -0.2) is 9.97 Å². The Hall–Kier alpha value is -4.01. The van der Waals surface area contributed by atoms with Crippen molar-refractivity contribution in [2.45, 2.75) is 44.6 Å². The minimum Gasteiger partial charge on any atom is -0.493 e. The number of hydrogen-bond acceptors (Lipinski definition) is 7. The number of ether oxygens (including phenoxy) is 1. The van der Waals surface area contributed by atoms with Gasteiger partial charge in [-0.1, -0.05) is 6.07 Å². The fourth-order valence-corrected chi connectivity index (χ4v) is 4.56. The van der Waals surface area contributed by atoms with Gasteiger partial charge in [-0.2, -0.15) is 5.10 Å². The summed E-state index contributed by atoms with van der Waals surface area (Å²) in [5.74, 6) is 0.291. The third-order valence-corrected chi connectivity index (χ3v) is 6.37. The molecule has 0 bridgehead atoms. The van der Waals surface area contributed by atoms with Crippen molar-refractivity contribution in [2.75, 3.05) is 19.0 Å². The molecule has 0 aliphatic heterocycles. The van der Waals surface area contributed by atoms with Crippen LogP contribution in [0.1, 0.15) is 47.8 Å². The highest BCUT2D eigenvalue weighted by Crippen LogP contribution is 2.28. The molecule has 3 aromatic heterocycles. The number of pyridine rings is 1. The van der Waals surface area contributed by atoms with E-state index in [-0.39, 0.29) is 6.42 Å². The van der Waals surface area contributed by atoms with Crippen molar-refractivity contribution in [3.63, 3.8) is 0 Å². The molecule has 3 heterocycles. The minimum absolute atomic E-state index is 0.134. The Morgan fingerprint density at radius 3 is 2.77 bits per heavy atom. The first-order valence-electron chi connectivity index (χ1n) is 11.9. The number of benzene rings is 1. The summed E-state index contributed by atoms with van der Waals surface area (Å²) in [4.78, 5) is 24.9. The normalized spacial score (nSPS) is 13.9. The van der Waals surface area contributed by atoms with Crippen molar-refractivity contribution in [1.82, 2.24) is 24.7 Å². The Morgan fingerprint density at radius 1 is 1.14 bits per heavy atom. The quantitative estimate of drug-likeness (QED) is 0.378. The number of fused-ring (bicyclic) bond motifs is 2. The Bertz CT molecular complexity index is 1330. The molecule has 1 unspecified atom stereocenters. The Morgan fingerprint density at radius 2 is 1.97 bits per heavy atom. The van der Waals surface area contributed by atoms with Crippen LogP contribution in [0.25, 0.3) is 10.9 Å². The third-order valence-electron chi connectivity index (χ3n) is 6.37. The van der Waals surface area contributed by atoms with Gasteiger partial charge in [-0.05, 0) is 55.5 Å². The van der Waals surface area contributed by atoms with Crippen molar-refractivity contribution in [2.24, 2.45) is 0 Å². The van der Waals surface area contributed by atoms with Gasteiger partial charge in [-0.3, -0.25) is 14.5 Å². The van der Waals surface area contributed by atoms with E-state index >= 15 is 0 Å². The van der Waals surface area contributed by atoms with E-state index in [1.54, 1.807) is 30.3 Å². The lowest BCUT2D eigenvalue weighted by molar-refractivity contribution is -0.137. The maximum absolute atomic E-state index is 11.6. The molecule has 0 fully saturated rings. The number of anilines is 1. The van der Waals surface area contributed by atoms with E-state index in [0.29, 0.717) is 18.1 Å². The standard InChI is InChI=1S/C26H28N6O3/c1-27-26-28-14-19(15-29-26)24(13-25(33)34)32-23-9-8-21(12-18(23)16-30-32)35-11-10-20-7-6-17-4-2-3-5-22(17)31-20/h6-9,12,14-16,24H,2-5,10-11,13H2,1H3,(H,33,34)(H,27,28,29). The Labute approximate surface area is 203 Å². The molecule has 0 spiro atoms. The summed E-state index contributed by atoms with van der Waals surface area (Å²) < 4.78 is 7.72. The molecule has 1 atom stereocenters. The molecule has 0 radical (unpaired) electrons. The molecule has 180 valence electrons. The molecule has 0 saturated heterocycles. The van der Waals surface area contributed by atoms with E-state index in [4.69, 9.17) is 9.72 Å². The van der Waals surface area contributed by atoms with Crippen LogP contribution in [-0.4, -0.2) is 49.5 Å². The van der Waals surface area contributed by atoms with Gasteiger partial charge < -0.3 is 15.2 Å². The van der Waals surface area contributed by atoms with E-state index in [9.17, 15) is 9.90 Å². The molecule has 4 aromatic rings. The van der Waals surface area contributed by atoms with E-state index in [1.165, 1.54) is 24.1 Å². The number of carbonyl (C=O) groups is 1. The van der Waals surface area contributed by atoms with Gasteiger partial charge in [0.1, 0.15) is 5.75 Å². The van der Waals surface area contributed by atoms with E-state index in [0.717, 1.165) is 41.6 Å². The molecule has 9 nitrogen and oxygen atoms in total. The van der Waals surface area contributed by atoms with Crippen LogP contribution in [-0.2, 0) is 24.1 Å². The van der Waals surface area contributed by atoms with Crippen LogP contribution < -0.4 is 10.1 Å². The summed E-state index contributed by atoms with van der Waals surface area (Å²) in [5, 5.41) is 17.7. The lowest BCUT2D eigenvalue weighted by Crippen LogP contribution is -2.17. The predicted octanol–water partition coefficient (Wildman–Crippen LogP) is 3.83. The molecule has 1 aromatic carbocycles. The second-order valence-electron chi connectivity index (χ2n) is 8.73. The second kappa shape index (κ2) is 10.1. The molecule has 5 rings (SSSR count). The van der Waals surface area contributed by atoms with Crippen molar-refractivity contribution in [1.29, 1.82) is 0 Å². The first-order chi connectivity index (χ1) is 17.1. The van der Waals surface area contributed by atoms with Crippen molar-refractivity contribution in [3.05, 3.63) is 71.4 Å². The summed E-state index contributed by atoms with van der Waals surface area (Å²) in [6.45, 7) is 0.530. The van der Waals surface area contributed by atoms with Gasteiger partial charge in [-0.15, -0.1) is 0 Å². The van der Waals surface area contributed by atoms with Gasteiger partial charge in [0, 0.05) is 48.2 Å². The smallest absolute Gasteiger partial charge is 0.305 e. The Balaban J connectivity index is 1.30. The largest absolute Gasteiger partial charge is 0.493 e. The molecular weight excluding hydrogens is 444 g/mol. The van der Waals surface area contributed by atoms with Crippen molar-refractivity contribution >= 4 is 22.8 Å². The fraction of sp³-hybridized carbons (Fsp3) is 0.346. The van der Waals surface area contributed by atoms with Crippen LogP contribution in [0, 0.1) is 0 Å². The summed E-state index contributed by atoms with van der Waals surface area (Å²) in [6, 6.07) is 9.51. The average Bonchev–Trinajstić information content (AvgIpc) is 3.30. The van der Waals surface area contributed by atoms with Gasteiger partial charge in [0.05, 0.1) is 30.8 Å². The zero-order valence-electron chi connectivity index (χ0n) is 19.6. The number of carboxylic acid groups (broad SMARTS) is 1. The lowest BCUT2D eigenvalue weighted by atomic mass is 9.96. The van der Waals surface area contributed by atoms with Crippen molar-refractivity contribution in [3.8, 4) is 5.75 Å². The summed E-state index contributed by atoms with van der Waals surface area (Å²) in [6.07, 6.45) is 10.3. The molecule has 1 aliphatic rings. The number of aryl methyl sites for hydroxylation is 2. The maximum Gasteiger partial charge on any atom is 0.305 e. The van der Waals surface area contributed by atoms with Gasteiger partial charge in [0.25, 0.3) is 0 Å². The number of hydrogen-bond donors (Lipinski definition) is 2. The minimum atomic E-state index is -0.924. The first kappa shape index (κ1) is 22.8. The highest BCUT2D eigenvalue weighted by atomic mass is 16.5. The van der Waals surface area contributed by atoms with Crippen LogP contribution in [0.4, 0.5) is 5.95 Å². The predicted molar refractivity (Wildman–Crippen MR) is 132 cm³/mol. The van der Waals surface area contributed by atoms with Crippen molar-refractivity contribution < 1.29 is 14.6 Å². The van der Waals surface area contributed by atoms with Gasteiger partial charge >= 0.3 is 5.97 Å². The summed E-state index contributed by atoms with van der Waals surface area (Å²) >= 11 is 0. The van der Waals surface area contributed by atoms with Crippen LogP contribution in [0.3, 0.4) is 0 Å². The van der Waals surface area contributed by atoms with E-state index < -0.39 is 12.0 Å². The van der Waals surface area contributed by atoms with Gasteiger partial charge in [0.2, 0.25) is 5.95 Å². The number of rotatable bonds is 9. The summed E-state index contributed by atoms with van der Waals surface area (Å²) in [7, 11) is 1.73. The highest BCUT2D eigenvalue weighted by molar-refractivity contribution is 5.81. The zero-order chi connectivity index (χ0) is 24.2. The number of nitrogens with zero attached hydrogens (tertiary/aromatic N) is 5. The molecule has 9 heteroatoms. The number of nitrogens with one attached hydrogen (secondary N) is 1.